The number of hydrogen-bond acceptors (Lipinski definition) is 2. The number of para-hydroxylation sites is 2. The Balaban J connectivity index is 0.000000201. The van der Waals surface area contributed by atoms with E-state index in [0.717, 1.165) is 39.1 Å². The molecule has 237 valence electrons. The van der Waals surface area contributed by atoms with Crippen LogP contribution in [0.25, 0.3) is 61.1 Å². The fourth-order valence-electron chi connectivity index (χ4n) is 5.84. The molecule has 0 atom stereocenters. The SMILES string of the molecule is [CH3][Ge]([CH3])([CH3])[c]1ccc(-c2[c-]cccc2)nc1.[Ir].[c-]1ccc(-c2ccccc2)cc1-c1cc2c(cn1)c1ccccc1n2-c1ccccc1. The Morgan fingerprint density at radius 3 is 1.92 bits per heavy atom. The van der Waals surface area contributed by atoms with Crippen LogP contribution in [0.2, 0.25) is 17.3 Å². The second kappa shape index (κ2) is 14.7. The van der Waals surface area contributed by atoms with Crippen molar-refractivity contribution in [3.63, 3.8) is 0 Å². The normalized spacial score (nSPS) is 11.1. The minimum absolute atomic E-state index is 0. The Morgan fingerprint density at radius 1 is 0.521 bits per heavy atom. The topological polar surface area (TPSA) is 30.7 Å². The van der Waals surface area contributed by atoms with Crippen molar-refractivity contribution in [3.8, 4) is 39.3 Å². The number of pyridine rings is 2. The van der Waals surface area contributed by atoms with Crippen LogP contribution in [-0.4, -0.2) is 27.8 Å². The van der Waals surface area contributed by atoms with Gasteiger partial charge in [-0.05, 0) is 29.5 Å². The molecule has 3 heterocycles. The number of hydrogen-bond donors (Lipinski definition) is 0. The molecule has 5 aromatic carbocycles. The molecule has 0 N–H and O–H groups in total. The molecule has 0 fully saturated rings. The largest absolute Gasteiger partial charge is 0.310 e. The molecule has 0 aliphatic carbocycles. The van der Waals surface area contributed by atoms with Gasteiger partial charge in [-0.1, -0.05) is 72.8 Å². The van der Waals surface area contributed by atoms with E-state index in [1.807, 2.05) is 48.8 Å². The molecule has 0 saturated heterocycles. The van der Waals surface area contributed by atoms with Gasteiger partial charge in [0, 0.05) is 48.3 Å². The van der Waals surface area contributed by atoms with E-state index in [2.05, 4.69) is 148 Å². The first kappa shape index (κ1) is 33.3. The molecule has 5 heteroatoms. The number of benzene rings is 5. The fourth-order valence-corrected chi connectivity index (χ4v) is 8.01. The zero-order valence-corrected chi connectivity index (χ0v) is 31.7. The van der Waals surface area contributed by atoms with Crippen LogP contribution in [0, 0.1) is 12.1 Å². The van der Waals surface area contributed by atoms with Gasteiger partial charge in [0.25, 0.3) is 0 Å². The van der Waals surface area contributed by atoms with E-state index in [-0.39, 0.29) is 20.1 Å². The molecule has 1 radical (unpaired) electrons. The Kier molecular flexibility index (Phi) is 10.2. The smallest absolute Gasteiger partial charge is 0.0541 e. The van der Waals surface area contributed by atoms with E-state index in [1.54, 1.807) is 0 Å². The molecule has 0 amide bonds. The zero-order valence-electron chi connectivity index (χ0n) is 27.2. The summed E-state index contributed by atoms with van der Waals surface area (Å²) in [6, 6.07) is 56.7. The van der Waals surface area contributed by atoms with Crippen LogP contribution in [0.1, 0.15) is 0 Å². The monoisotopic (exact) mass is 860 g/mol. The van der Waals surface area contributed by atoms with Crippen molar-refractivity contribution in [2.24, 2.45) is 0 Å². The van der Waals surface area contributed by atoms with Gasteiger partial charge in [-0.15, -0.1) is 35.4 Å². The van der Waals surface area contributed by atoms with Crippen LogP contribution in [0.5, 0.6) is 0 Å². The van der Waals surface area contributed by atoms with E-state index >= 15 is 0 Å². The summed E-state index contributed by atoms with van der Waals surface area (Å²) in [5.41, 5.74) is 9.83. The molecule has 0 spiro atoms. The molecule has 8 aromatic rings. The Morgan fingerprint density at radius 2 is 1.21 bits per heavy atom. The van der Waals surface area contributed by atoms with Crippen LogP contribution >= 0.6 is 0 Å². The maximum Gasteiger partial charge on any atom is 0.0541 e. The van der Waals surface area contributed by atoms with Crippen LogP contribution < -0.4 is 4.40 Å². The summed E-state index contributed by atoms with van der Waals surface area (Å²) in [5, 5.41) is 2.37. The standard InChI is InChI=1S/C29H19N2.C14H16GeN.Ir/c1-3-10-21(11-4-1)22-12-9-13-23(18-22)27-19-29-26(20-30-27)25-16-7-8-17-28(25)31(29)24-14-5-2-6-15-24;1-15(2,3)13-9-10-14(16-11-13)12-7-5-4-6-8-12;/h1-12,14-20H;4-7,9-11H,1-3H3;/q2*-1;. The van der Waals surface area contributed by atoms with Gasteiger partial charge in [0.1, 0.15) is 0 Å². The zero-order chi connectivity index (χ0) is 32.2. The molecule has 0 unspecified atom stereocenters. The van der Waals surface area contributed by atoms with Gasteiger partial charge in [-0.3, -0.25) is 0 Å². The molecule has 48 heavy (non-hydrogen) atoms. The van der Waals surface area contributed by atoms with E-state index in [0.29, 0.717) is 0 Å². The number of nitrogens with zero attached hydrogens (tertiary/aromatic N) is 3. The third kappa shape index (κ3) is 7.12. The van der Waals surface area contributed by atoms with Crippen molar-refractivity contribution < 1.29 is 20.1 Å². The van der Waals surface area contributed by atoms with Crippen LogP contribution in [0.15, 0.2) is 158 Å². The molecule has 8 rings (SSSR count). The predicted molar refractivity (Wildman–Crippen MR) is 200 cm³/mol. The summed E-state index contributed by atoms with van der Waals surface area (Å²) in [6.45, 7) is 0. The van der Waals surface area contributed by atoms with Crippen molar-refractivity contribution in [2.45, 2.75) is 17.3 Å². The Labute approximate surface area is 299 Å². The maximum absolute atomic E-state index is 4.82. The van der Waals surface area contributed by atoms with Gasteiger partial charge in [-0.25, -0.2) is 0 Å². The molecular weight excluding hydrogens is 823 g/mol. The third-order valence-electron chi connectivity index (χ3n) is 8.37. The number of fused-ring (bicyclic) bond motifs is 3. The summed E-state index contributed by atoms with van der Waals surface area (Å²) >= 11 is -1.72. The predicted octanol–water partition coefficient (Wildman–Crippen LogP) is 10.4. The minimum atomic E-state index is -1.72. The van der Waals surface area contributed by atoms with Crippen molar-refractivity contribution in [1.29, 1.82) is 0 Å². The molecular formula is C43H35GeIrN3-2. The Bertz CT molecular complexity index is 2260. The first-order valence-corrected chi connectivity index (χ1v) is 23.3. The summed E-state index contributed by atoms with van der Waals surface area (Å²) < 4.78 is 3.76. The van der Waals surface area contributed by atoms with E-state index in [9.17, 15) is 0 Å². The van der Waals surface area contributed by atoms with Crippen molar-refractivity contribution >= 4 is 39.5 Å². The Hall–Kier alpha value is -4.61. The van der Waals surface area contributed by atoms with Crippen LogP contribution in [-0.2, 0) is 20.1 Å². The van der Waals surface area contributed by atoms with Crippen molar-refractivity contribution in [2.75, 3.05) is 0 Å². The summed E-state index contributed by atoms with van der Waals surface area (Å²) in [7, 11) is 0. The van der Waals surface area contributed by atoms with Crippen molar-refractivity contribution in [3.05, 3.63) is 170 Å². The number of aromatic nitrogens is 3. The second-order valence-electron chi connectivity index (χ2n) is 12.6. The van der Waals surface area contributed by atoms with Crippen LogP contribution in [0.3, 0.4) is 0 Å². The van der Waals surface area contributed by atoms with Crippen molar-refractivity contribution in [1.82, 2.24) is 14.5 Å². The van der Waals surface area contributed by atoms with Crippen LogP contribution in [0.4, 0.5) is 0 Å². The van der Waals surface area contributed by atoms with E-state index < -0.39 is 13.3 Å². The first-order chi connectivity index (χ1) is 23.0. The van der Waals surface area contributed by atoms with Gasteiger partial charge in [0.05, 0.1) is 5.52 Å². The average Bonchev–Trinajstić information content (AvgIpc) is 3.46. The van der Waals surface area contributed by atoms with Gasteiger partial charge in [0.2, 0.25) is 0 Å². The van der Waals surface area contributed by atoms with E-state index in [4.69, 9.17) is 4.98 Å². The maximum atomic E-state index is 4.82. The quantitative estimate of drug-likeness (QED) is 0.128. The second-order valence-corrected chi connectivity index (χ2v) is 23.2. The minimum Gasteiger partial charge on any atom is -0.310 e. The molecule has 0 bridgehead atoms. The van der Waals surface area contributed by atoms with Gasteiger partial charge < -0.3 is 9.55 Å². The summed E-state index contributed by atoms with van der Waals surface area (Å²) in [4.78, 5) is 9.36. The first-order valence-electron chi connectivity index (χ1n) is 15.9. The van der Waals surface area contributed by atoms with Gasteiger partial charge in [-0.2, -0.15) is 0 Å². The molecule has 0 aliphatic rings. The summed E-state index contributed by atoms with van der Waals surface area (Å²) in [6.07, 6.45) is 4.03. The molecule has 0 saturated carbocycles. The molecule has 0 aliphatic heterocycles. The van der Waals surface area contributed by atoms with Gasteiger partial charge in [0.15, 0.2) is 0 Å². The summed E-state index contributed by atoms with van der Waals surface area (Å²) in [5.74, 6) is 7.14. The third-order valence-corrected chi connectivity index (χ3v) is 12.6. The molecule has 3 nitrogen and oxygen atoms in total. The van der Waals surface area contributed by atoms with E-state index in [1.165, 1.54) is 26.4 Å². The molecule has 3 aromatic heterocycles. The van der Waals surface area contributed by atoms with Gasteiger partial charge >= 0.3 is 99.8 Å². The number of rotatable bonds is 5. The average molecular weight is 859 g/mol. The fraction of sp³-hybridized carbons (Fsp3) is 0.0698.